The topological polar surface area (TPSA) is 82.1 Å². The quantitative estimate of drug-likeness (QED) is 0.0800. The number of benzene rings is 2. The van der Waals surface area contributed by atoms with E-state index in [0.717, 1.165) is 19.4 Å². The fourth-order valence-electron chi connectivity index (χ4n) is 9.00. The molecule has 0 bridgehead atoms. The second kappa shape index (κ2) is 15.6. The van der Waals surface area contributed by atoms with Crippen LogP contribution in [0.2, 0.25) is 16.6 Å². The molecule has 4 heterocycles. The second-order valence-electron chi connectivity index (χ2n) is 15.8. The summed E-state index contributed by atoms with van der Waals surface area (Å²) in [7, 11) is 4.18. The highest BCUT2D eigenvalue weighted by Crippen LogP contribution is 2.44. The van der Waals surface area contributed by atoms with Crippen molar-refractivity contribution in [3.05, 3.63) is 41.5 Å². The summed E-state index contributed by atoms with van der Waals surface area (Å²) in [5.41, 5.74) is 4.30. The molecule has 2 saturated heterocycles. The number of nitrogens with zero attached hydrogens (tertiary/aromatic N) is 5. The van der Waals surface area contributed by atoms with Gasteiger partial charge in [-0.1, -0.05) is 53.5 Å². The second-order valence-corrected chi connectivity index (χ2v) is 21.4. The van der Waals surface area contributed by atoms with Gasteiger partial charge in [0.15, 0.2) is 12.6 Å². The molecule has 4 aromatic rings. The Morgan fingerprint density at radius 2 is 1.70 bits per heavy atom. The number of hydrogen-bond acceptors (Lipinski definition) is 9. The summed E-state index contributed by atoms with van der Waals surface area (Å²) >= 11 is 0. The van der Waals surface area contributed by atoms with Crippen molar-refractivity contribution in [1.82, 2.24) is 19.9 Å². The van der Waals surface area contributed by atoms with Gasteiger partial charge in [0.1, 0.15) is 54.8 Å². The van der Waals surface area contributed by atoms with Gasteiger partial charge in [-0.05, 0) is 59.6 Å². The minimum absolute atomic E-state index is 0.0511. The lowest BCUT2D eigenvalue weighted by atomic mass is 9.95. The van der Waals surface area contributed by atoms with Gasteiger partial charge in [-0.2, -0.15) is 9.97 Å². The van der Waals surface area contributed by atoms with Gasteiger partial charge < -0.3 is 23.8 Å². The number of alkyl halides is 1. The van der Waals surface area contributed by atoms with Crippen LogP contribution in [0.1, 0.15) is 66.4 Å². The maximum Gasteiger partial charge on any atom is 0.319 e. The van der Waals surface area contributed by atoms with Crippen LogP contribution in [0.4, 0.5) is 19.0 Å². The number of methoxy groups -OCH3 is 2. The molecule has 2 aliphatic heterocycles. The Balaban J connectivity index is 1.60. The lowest BCUT2D eigenvalue weighted by Gasteiger charge is -2.38. The highest BCUT2D eigenvalue weighted by Gasteiger charge is 2.49. The van der Waals surface area contributed by atoms with E-state index in [0.29, 0.717) is 51.9 Å². The molecule has 13 heteroatoms. The fraction of sp³-hybridized carbons (Fsp3) is 0.537. The third kappa shape index (κ3) is 6.97. The van der Waals surface area contributed by atoms with Crippen LogP contribution in [0.3, 0.4) is 0 Å². The van der Waals surface area contributed by atoms with Crippen molar-refractivity contribution in [3.63, 3.8) is 0 Å². The zero-order valence-electron chi connectivity index (χ0n) is 33.1. The molecule has 6 rings (SSSR count). The van der Waals surface area contributed by atoms with Gasteiger partial charge in [-0.15, -0.1) is 5.54 Å². The summed E-state index contributed by atoms with van der Waals surface area (Å²) in [6.45, 7) is 14.5. The van der Waals surface area contributed by atoms with E-state index in [-0.39, 0.29) is 53.0 Å². The average Bonchev–Trinajstić information content (AvgIpc) is 3.65. The Labute approximate surface area is 317 Å². The van der Waals surface area contributed by atoms with E-state index in [2.05, 4.69) is 67.9 Å². The number of pyridine rings is 1. The van der Waals surface area contributed by atoms with Crippen molar-refractivity contribution < 1.29 is 32.1 Å². The minimum atomic E-state index is -2.30. The first-order chi connectivity index (χ1) is 25.7. The van der Waals surface area contributed by atoms with E-state index in [4.69, 9.17) is 23.9 Å². The third-order valence-corrected chi connectivity index (χ3v) is 17.8. The summed E-state index contributed by atoms with van der Waals surface area (Å²) in [6, 6.07) is 6.33. The Bertz CT molecular complexity index is 2080. The zero-order chi connectivity index (χ0) is 39.1. The molecule has 2 atom stereocenters. The summed E-state index contributed by atoms with van der Waals surface area (Å²) in [6.07, 6.45) is 1.17. The Kier molecular flexibility index (Phi) is 11.4. The van der Waals surface area contributed by atoms with E-state index in [9.17, 15) is 4.39 Å². The van der Waals surface area contributed by atoms with Crippen LogP contribution >= 0.6 is 0 Å². The van der Waals surface area contributed by atoms with Crippen LogP contribution in [0.25, 0.3) is 32.9 Å². The maximum absolute atomic E-state index is 17.4. The van der Waals surface area contributed by atoms with Crippen molar-refractivity contribution in [2.45, 2.75) is 89.1 Å². The van der Waals surface area contributed by atoms with Crippen LogP contribution in [-0.4, -0.2) is 94.4 Å². The predicted molar refractivity (Wildman–Crippen MR) is 210 cm³/mol. The summed E-state index contributed by atoms with van der Waals surface area (Å²) in [5.74, 6) is 2.76. The van der Waals surface area contributed by atoms with Crippen molar-refractivity contribution in [1.29, 1.82) is 0 Å². The molecule has 2 aliphatic rings. The standard InChI is InChI=1S/C41H52F3N5O4Si/c1-24(2)54(25(3)4,26(5)6)17-14-30-32(43)13-12-27-18-29(53-23-50-9)19-31(33(27)30)36-35(44)37-34(39(45-36)51-10)38(48(7)8)47-40(46-37)52-22-41-15-11-16-49(41)21-28(42)20-41/h12-13,18-19,24-26,28H,11,15-16,20-23H2,1-10H3/t28-,41+/m1/s1. The highest BCUT2D eigenvalue weighted by molar-refractivity contribution is 6.90. The van der Waals surface area contributed by atoms with Gasteiger partial charge in [-0.3, -0.25) is 4.90 Å². The number of hydrogen-bond donors (Lipinski definition) is 0. The van der Waals surface area contributed by atoms with E-state index in [1.165, 1.54) is 20.3 Å². The van der Waals surface area contributed by atoms with E-state index in [1.54, 1.807) is 37.2 Å². The van der Waals surface area contributed by atoms with Crippen LogP contribution in [0.5, 0.6) is 17.6 Å². The van der Waals surface area contributed by atoms with Crippen molar-refractivity contribution in [3.8, 4) is 40.4 Å². The lowest BCUT2D eigenvalue weighted by Crippen LogP contribution is -2.43. The van der Waals surface area contributed by atoms with Crippen molar-refractivity contribution >= 4 is 35.6 Å². The summed E-state index contributed by atoms with van der Waals surface area (Å²) in [5, 5.41) is 1.21. The van der Waals surface area contributed by atoms with Crippen molar-refractivity contribution in [2.24, 2.45) is 0 Å². The summed E-state index contributed by atoms with van der Waals surface area (Å²) < 4.78 is 71.2. The molecule has 0 saturated carbocycles. The largest absolute Gasteiger partial charge is 0.480 e. The molecule has 0 spiro atoms. The van der Waals surface area contributed by atoms with Crippen LogP contribution in [-0.2, 0) is 4.74 Å². The summed E-state index contributed by atoms with van der Waals surface area (Å²) in [4.78, 5) is 17.8. The Hall–Kier alpha value is -4.12. The number of rotatable bonds is 12. The number of fused-ring (bicyclic) bond motifs is 3. The zero-order valence-corrected chi connectivity index (χ0v) is 34.1. The Morgan fingerprint density at radius 3 is 2.35 bits per heavy atom. The van der Waals surface area contributed by atoms with Gasteiger partial charge in [0.05, 0.1) is 18.2 Å². The molecule has 0 unspecified atom stereocenters. The number of aromatic nitrogens is 3. The first kappa shape index (κ1) is 39.6. The molecule has 0 amide bonds. The molecule has 2 fully saturated rings. The first-order valence-electron chi connectivity index (χ1n) is 18.7. The minimum Gasteiger partial charge on any atom is -0.480 e. The van der Waals surface area contributed by atoms with Gasteiger partial charge >= 0.3 is 6.01 Å². The highest BCUT2D eigenvalue weighted by atomic mass is 28.3. The first-order valence-corrected chi connectivity index (χ1v) is 21.0. The van der Waals surface area contributed by atoms with Crippen LogP contribution in [0.15, 0.2) is 24.3 Å². The van der Waals surface area contributed by atoms with Crippen LogP contribution < -0.4 is 19.1 Å². The number of halogens is 3. The normalized spacial score (nSPS) is 18.9. The molecular formula is C41H52F3N5O4Si. The molecule has 0 aliphatic carbocycles. The third-order valence-electron chi connectivity index (χ3n) is 11.5. The fourth-order valence-corrected chi connectivity index (χ4v) is 14.2. The molecule has 0 radical (unpaired) electrons. The number of ether oxygens (including phenoxy) is 4. The molecule has 54 heavy (non-hydrogen) atoms. The molecule has 290 valence electrons. The van der Waals surface area contributed by atoms with Crippen LogP contribution in [0, 0.1) is 23.1 Å². The van der Waals surface area contributed by atoms with Gasteiger partial charge in [0, 0.05) is 45.1 Å². The van der Waals surface area contributed by atoms with Gasteiger partial charge in [-0.25, -0.2) is 18.2 Å². The van der Waals surface area contributed by atoms with Gasteiger partial charge in [0.2, 0.25) is 5.88 Å². The van der Waals surface area contributed by atoms with Gasteiger partial charge in [0.25, 0.3) is 0 Å². The predicted octanol–water partition coefficient (Wildman–Crippen LogP) is 8.71. The molecule has 9 nitrogen and oxygen atoms in total. The molecule has 2 aromatic heterocycles. The van der Waals surface area contributed by atoms with E-state index < -0.39 is 31.4 Å². The van der Waals surface area contributed by atoms with E-state index in [1.807, 2.05) is 0 Å². The lowest BCUT2D eigenvalue weighted by molar-refractivity contribution is 0.0512. The molecular weight excluding hydrogens is 712 g/mol. The maximum atomic E-state index is 17.4. The monoisotopic (exact) mass is 763 g/mol. The Morgan fingerprint density at radius 1 is 0.981 bits per heavy atom. The number of anilines is 1. The van der Waals surface area contributed by atoms with Crippen molar-refractivity contribution in [2.75, 3.05) is 59.7 Å². The van der Waals surface area contributed by atoms with E-state index >= 15 is 8.78 Å². The SMILES string of the molecule is COCOc1cc(-c2nc(OC)c3c(N(C)C)nc(OC[C@@]45CCCN4C[C@H](F)C5)nc3c2F)c2c(C#C[Si](C(C)C)(C(C)C)C(C)C)c(F)ccc2c1. The smallest absolute Gasteiger partial charge is 0.319 e. The average molecular weight is 764 g/mol. The molecule has 0 N–H and O–H groups in total. The molecule has 2 aromatic carbocycles.